The highest BCUT2D eigenvalue weighted by Crippen LogP contribution is 2.43. The van der Waals surface area contributed by atoms with E-state index in [0.717, 1.165) is 24.3 Å². The predicted molar refractivity (Wildman–Crippen MR) is 136 cm³/mol. The van der Waals surface area contributed by atoms with E-state index in [4.69, 9.17) is 23.4 Å². The zero-order valence-electron chi connectivity index (χ0n) is 21.4. The molecule has 0 amide bonds. The molecule has 3 heterocycles. The number of benzene rings is 2. The number of aromatic hydroxyl groups is 4. The molecule has 0 unspecified atom stereocenters. The Morgan fingerprint density at radius 2 is 1.50 bits per heavy atom. The molecule has 10 N–H and O–H groups in total. The van der Waals surface area contributed by atoms with Gasteiger partial charge in [0.05, 0.1) is 13.2 Å². The van der Waals surface area contributed by atoms with Gasteiger partial charge >= 0.3 is 0 Å². The molecular formula is C26H28O16. The Morgan fingerprint density at radius 1 is 0.786 bits per heavy atom. The highest BCUT2D eigenvalue weighted by atomic mass is 16.7. The van der Waals surface area contributed by atoms with Crippen molar-refractivity contribution in [1.29, 1.82) is 0 Å². The van der Waals surface area contributed by atoms with Crippen LogP contribution in [0.4, 0.5) is 0 Å². The van der Waals surface area contributed by atoms with Crippen LogP contribution in [0.25, 0.3) is 22.3 Å². The second kappa shape index (κ2) is 11.5. The molecule has 2 aromatic carbocycles. The van der Waals surface area contributed by atoms with E-state index >= 15 is 0 Å². The second-order valence-corrected chi connectivity index (χ2v) is 9.84. The quantitative estimate of drug-likeness (QED) is 0.137. The van der Waals surface area contributed by atoms with E-state index < -0.39 is 101 Å². The summed E-state index contributed by atoms with van der Waals surface area (Å²) in [7, 11) is 0. The first kappa shape index (κ1) is 29.8. The lowest BCUT2D eigenvalue weighted by Gasteiger charge is -2.41. The number of hydrogen-bond donors (Lipinski definition) is 10. The third-order valence-corrected chi connectivity index (χ3v) is 6.98. The van der Waals surface area contributed by atoms with Gasteiger partial charge in [0.1, 0.15) is 59.5 Å². The van der Waals surface area contributed by atoms with Crippen LogP contribution in [0.5, 0.6) is 28.7 Å². The minimum atomic E-state index is -1.90. The second-order valence-electron chi connectivity index (χ2n) is 9.84. The van der Waals surface area contributed by atoms with Gasteiger partial charge in [-0.15, -0.1) is 0 Å². The maximum atomic E-state index is 12.8. The normalized spacial score (nSPS) is 31.7. The van der Waals surface area contributed by atoms with Gasteiger partial charge in [-0.1, -0.05) is 0 Å². The number of aliphatic hydroxyl groups excluding tert-OH is 6. The number of phenolic OH excluding ortho intramolecular Hbond substituents is 4. The van der Waals surface area contributed by atoms with Crippen molar-refractivity contribution in [2.24, 2.45) is 0 Å². The summed E-state index contributed by atoms with van der Waals surface area (Å²) in [6, 6.07) is 5.60. The molecule has 0 aliphatic carbocycles. The minimum Gasteiger partial charge on any atom is -0.504 e. The molecular weight excluding hydrogens is 568 g/mol. The van der Waals surface area contributed by atoms with Gasteiger partial charge in [-0.05, 0) is 18.2 Å². The number of rotatable bonds is 6. The van der Waals surface area contributed by atoms with E-state index in [0.29, 0.717) is 0 Å². The standard InChI is InChI=1S/C26H28O16/c27-9-2-1-8(3-10(9)28)13-4-11(29)17-14(40-13)5-15(19(32)21(17)34)41-26-24(37)22(35)20(33)16(42-26)7-39-25-23(36)18(31)12(30)6-38-25/h1-5,12,16,18,20,22-28,30-37H,6-7H2/t12-,16-,18-,20+,22-,23-,24-,25-,26+/m0/s1. The topological polar surface area (TPSA) is 269 Å². The summed E-state index contributed by atoms with van der Waals surface area (Å²) in [5, 5.41) is 101. The van der Waals surface area contributed by atoms with Gasteiger partial charge in [-0.25, -0.2) is 0 Å². The summed E-state index contributed by atoms with van der Waals surface area (Å²) in [6.07, 6.45) is -14.7. The minimum absolute atomic E-state index is 0.0895. The predicted octanol–water partition coefficient (Wildman–Crippen LogP) is -2.08. The molecule has 16 heteroatoms. The smallest absolute Gasteiger partial charge is 0.229 e. The van der Waals surface area contributed by atoms with E-state index in [-0.39, 0.29) is 23.5 Å². The van der Waals surface area contributed by atoms with Crippen LogP contribution in [-0.2, 0) is 14.2 Å². The number of ether oxygens (including phenoxy) is 4. The molecule has 0 bridgehead atoms. The highest BCUT2D eigenvalue weighted by molar-refractivity contribution is 5.89. The monoisotopic (exact) mass is 596 g/mol. The third-order valence-electron chi connectivity index (χ3n) is 6.98. The van der Waals surface area contributed by atoms with Gasteiger partial charge < -0.3 is 74.4 Å². The summed E-state index contributed by atoms with van der Waals surface area (Å²) in [5.74, 6) is -3.45. The van der Waals surface area contributed by atoms with Crippen molar-refractivity contribution in [2.45, 2.75) is 55.3 Å². The molecule has 2 aliphatic heterocycles. The van der Waals surface area contributed by atoms with Gasteiger partial charge in [0, 0.05) is 17.7 Å². The van der Waals surface area contributed by atoms with Crippen LogP contribution >= 0.6 is 0 Å². The number of aliphatic hydroxyl groups is 6. The molecule has 0 radical (unpaired) electrons. The van der Waals surface area contributed by atoms with Crippen molar-refractivity contribution in [3.8, 4) is 40.1 Å². The first-order chi connectivity index (χ1) is 19.9. The molecule has 2 aliphatic rings. The van der Waals surface area contributed by atoms with E-state index in [9.17, 15) is 55.9 Å². The average molecular weight is 596 g/mol. The van der Waals surface area contributed by atoms with Gasteiger partial charge in [0.15, 0.2) is 34.7 Å². The fraction of sp³-hybridized carbons (Fsp3) is 0.423. The summed E-state index contributed by atoms with van der Waals surface area (Å²) < 4.78 is 27.2. The Kier molecular flexibility index (Phi) is 8.17. The van der Waals surface area contributed by atoms with Crippen molar-refractivity contribution < 1.29 is 74.4 Å². The van der Waals surface area contributed by atoms with Gasteiger partial charge in [-0.3, -0.25) is 4.79 Å². The molecule has 0 saturated carbocycles. The van der Waals surface area contributed by atoms with Crippen molar-refractivity contribution in [2.75, 3.05) is 13.2 Å². The van der Waals surface area contributed by atoms with Gasteiger partial charge in [-0.2, -0.15) is 0 Å². The van der Waals surface area contributed by atoms with Crippen LogP contribution in [0.2, 0.25) is 0 Å². The van der Waals surface area contributed by atoms with Crippen LogP contribution in [0.3, 0.4) is 0 Å². The molecule has 228 valence electrons. The van der Waals surface area contributed by atoms with Crippen molar-refractivity contribution >= 4 is 11.0 Å². The first-order valence-electron chi connectivity index (χ1n) is 12.6. The van der Waals surface area contributed by atoms with Gasteiger partial charge in [0.2, 0.25) is 12.0 Å². The van der Waals surface area contributed by atoms with Crippen LogP contribution in [0.15, 0.2) is 39.5 Å². The van der Waals surface area contributed by atoms with Crippen molar-refractivity contribution in [3.05, 3.63) is 40.6 Å². The summed E-state index contributed by atoms with van der Waals surface area (Å²) >= 11 is 0. The molecule has 2 fully saturated rings. The lowest BCUT2D eigenvalue weighted by Crippen LogP contribution is -2.61. The summed E-state index contributed by atoms with van der Waals surface area (Å²) in [5.41, 5.74) is -0.905. The molecule has 2 saturated heterocycles. The molecule has 16 nitrogen and oxygen atoms in total. The molecule has 3 aromatic rings. The molecule has 9 atom stereocenters. The molecule has 5 rings (SSSR count). The number of phenols is 4. The van der Waals surface area contributed by atoms with E-state index in [1.54, 1.807) is 0 Å². The number of fused-ring (bicyclic) bond motifs is 1. The average Bonchev–Trinajstić information content (AvgIpc) is 2.96. The fourth-order valence-corrected chi connectivity index (χ4v) is 4.57. The van der Waals surface area contributed by atoms with Crippen LogP contribution in [0.1, 0.15) is 0 Å². The zero-order chi connectivity index (χ0) is 30.5. The van der Waals surface area contributed by atoms with Crippen LogP contribution < -0.4 is 10.2 Å². The van der Waals surface area contributed by atoms with Gasteiger partial charge in [0.25, 0.3) is 0 Å². The zero-order valence-corrected chi connectivity index (χ0v) is 21.4. The molecule has 1 aromatic heterocycles. The van der Waals surface area contributed by atoms with E-state index in [1.807, 2.05) is 0 Å². The van der Waals surface area contributed by atoms with E-state index in [1.165, 1.54) is 6.07 Å². The molecule has 0 spiro atoms. The largest absolute Gasteiger partial charge is 0.504 e. The van der Waals surface area contributed by atoms with Crippen LogP contribution in [-0.4, -0.2) is 120 Å². The Bertz CT molecular complexity index is 1510. The lowest BCUT2D eigenvalue weighted by molar-refractivity contribution is -0.307. The molecule has 42 heavy (non-hydrogen) atoms. The summed E-state index contributed by atoms with van der Waals surface area (Å²) in [6.45, 7) is -0.928. The SMILES string of the molecule is O=c1cc(-c2ccc(O)c(O)c2)oc2cc(O[C@@H]3O[C@@H](CO[C@@H]4OC[C@H](O)[C@H](O)[C@@H]4O)[C@@H](O)[C@H](O)[C@@H]3O)c(O)c(O)c12. The van der Waals surface area contributed by atoms with Crippen molar-refractivity contribution in [1.82, 2.24) is 0 Å². The fourth-order valence-electron chi connectivity index (χ4n) is 4.57. The maximum absolute atomic E-state index is 12.8. The Labute approximate surface area is 235 Å². The maximum Gasteiger partial charge on any atom is 0.229 e. The number of hydrogen-bond acceptors (Lipinski definition) is 16. The summed E-state index contributed by atoms with van der Waals surface area (Å²) in [4.78, 5) is 12.8. The first-order valence-corrected chi connectivity index (χ1v) is 12.6. The van der Waals surface area contributed by atoms with Crippen molar-refractivity contribution in [3.63, 3.8) is 0 Å². The lowest BCUT2D eigenvalue weighted by atomic mass is 9.99. The Balaban J connectivity index is 1.40. The van der Waals surface area contributed by atoms with Crippen LogP contribution in [0, 0.1) is 0 Å². The highest BCUT2D eigenvalue weighted by Gasteiger charge is 2.46. The third kappa shape index (κ3) is 5.42. The Morgan fingerprint density at radius 3 is 2.21 bits per heavy atom. The Hall–Kier alpha value is -3.71. The van der Waals surface area contributed by atoms with E-state index in [2.05, 4.69) is 0 Å².